The molecular weight excluding hydrogens is 383 g/mol. The average molecular weight is 403 g/mol. The van der Waals surface area contributed by atoms with Gasteiger partial charge in [0.05, 0.1) is 5.56 Å². The van der Waals surface area contributed by atoms with Crippen molar-refractivity contribution in [2.24, 2.45) is 5.92 Å². The number of aliphatic carboxylic acids is 2. The van der Waals surface area contributed by atoms with E-state index in [2.05, 4.69) is 4.90 Å². The van der Waals surface area contributed by atoms with E-state index in [9.17, 15) is 22.8 Å². The Morgan fingerprint density at radius 1 is 1.04 bits per heavy atom. The fraction of sp³-hybridized carbons (Fsp3) is 0.444. The number of rotatable bonds is 4. The Kier molecular flexibility index (Phi) is 7.32. The van der Waals surface area contributed by atoms with Crippen LogP contribution in [-0.2, 0) is 15.8 Å². The number of thioether (sulfide) groups is 1. The molecule has 0 radical (unpaired) electrons. The third-order valence-corrected chi connectivity index (χ3v) is 5.81. The molecular formula is C18H20F3NO4S. The van der Waals surface area contributed by atoms with E-state index in [0.717, 1.165) is 17.4 Å². The van der Waals surface area contributed by atoms with E-state index in [1.807, 2.05) is 0 Å². The van der Waals surface area contributed by atoms with Gasteiger partial charge in [-0.25, -0.2) is 9.59 Å². The van der Waals surface area contributed by atoms with Crippen LogP contribution in [-0.4, -0.2) is 51.9 Å². The molecule has 0 spiro atoms. The highest BCUT2D eigenvalue weighted by Crippen LogP contribution is 2.39. The van der Waals surface area contributed by atoms with Crippen molar-refractivity contribution in [2.75, 3.05) is 19.6 Å². The smallest absolute Gasteiger partial charge is 0.416 e. The molecule has 3 aliphatic rings. The number of hydrogen-bond donors (Lipinski definition) is 2. The summed E-state index contributed by atoms with van der Waals surface area (Å²) >= 11 is 1.74. The van der Waals surface area contributed by atoms with Crippen LogP contribution in [0.1, 0.15) is 18.4 Å². The molecule has 0 aliphatic carbocycles. The fourth-order valence-corrected chi connectivity index (χ4v) is 4.48. The molecule has 3 saturated heterocycles. The number of piperidine rings is 3. The minimum Gasteiger partial charge on any atom is -0.478 e. The van der Waals surface area contributed by atoms with Gasteiger partial charge in [0.15, 0.2) is 0 Å². The second-order valence-electron chi connectivity index (χ2n) is 6.33. The van der Waals surface area contributed by atoms with Crippen LogP contribution >= 0.6 is 11.8 Å². The third kappa shape index (κ3) is 6.91. The molecule has 1 atom stereocenters. The summed E-state index contributed by atoms with van der Waals surface area (Å²) in [6.07, 6.45) is -0.653. The number of carboxylic acids is 2. The molecule has 3 heterocycles. The van der Waals surface area contributed by atoms with Crippen molar-refractivity contribution in [2.45, 2.75) is 29.2 Å². The zero-order chi connectivity index (χ0) is 20.0. The fourth-order valence-electron chi connectivity index (χ4n) is 3.08. The Labute approximate surface area is 158 Å². The first-order chi connectivity index (χ1) is 12.6. The quantitative estimate of drug-likeness (QED) is 0.748. The number of alkyl halides is 3. The third-order valence-electron chi connectivity index (χ3n) is 4.43. The molecule has 1 aromatic carbocycles. The highest BCUT2D eigenvalue weighted by molar-refractivity contribution is 8.00. The van der Waals surface area contributed by atoms with Crippen molar-refractivity contribution in [3.05, 3.63) is 42.0 Å². The molecule has 27 heavy (non-hydrogen) atoms. The van der Waals surface area contributed by atoms with Gasteiger partial charge < -0.3 is 15.1 Å². The highest BCUT2D eigenvalue weighted by atomic mass is 32.2. The molecule has 0 aromatic heterocycles. The van der Waals surface area contributed by atoms with Gasteiger partial charge in [0.25, 0.3) is 0 Å². The molecule has 1 aromatic rings. The number of nitrogens with zero attached hydrogens (tertiary/aromatic N) is 1. The van der Waals surface area contributed by atoms with E-state index in [1.54, 1.807) is 23.9 Å². The first-order valence-electron chi connectivity index (χ1n) is 8.35. The lowest BCUT2D eigenvalue weighted by molar-refractivity contribution is -0.137. The maximum absolute atomic E-state index is 12.5. The Bertz CT molecular complexity index is 667. The van der Waals surface area contributed by atoms with Gasteiger partial charge in [0, 0.05) is 28.8 Å². The average Bonchev–Trinajstić information content (AvgIpc) is 2.61. The summed E-state index contributed by atoms with van der Waals surface area (Å²) in [5, 5.41) is 16.2. The highest BCUT2D eigenvalue weighted by Gasteiger charge is 2.35. The van der Waals surface area contributed by atoms with Gasteiger partial charge >= 0.3 is 18.1 Å². The van der Waals surface area contributed by atoms with Crippen LogP contribution in [0.25, 0.3) is 0 Å². The lowest BCUT2D eigenvalue weighted by Crippen LogP contribution is -2.48. The number of benzene rings is 1. The Balaban J connectivity index is 0.000000279. The van der Waals surface area contributed by atoms with E-state index in [-0.39, 0.29) is 0 Å². The first-order valence-corrected chi connectivity index (χ1v) is 9.23. The van der Waals surface area contributed by atoms with Crippen LogP contribution in [0.5, 0.6) is 0 Å². The van der Waals surface area contributed by atoms with Crippen molar-refractivity contribution >= 4 is 23.7 Å². The number of fused-ring (bicyclic) bond motifs is 3. The number of halogens is 3. The Morgan fingerprint density at radius 3 is 1.93 bits per heavy atom. The summed E-state index contributed by atoms with van der Waals surface area (Å²) < 4.78 is 37.5. The van der Waals surface area contributed by atoms with Gasteiger partial charge in [-0.3, -0.25) is 0 Å². The zero-order valence-corrected chi connectivity index (χ0v) is 15.2. The number of carboxylic acid groups (broad SMARTS) is 2. The summed E-state index contributed by atoms with van der Waals surface area (Å²) in [5.74, 6) is -1.78. The van der Waals surface area contributed by atoms with E-state index in [1.165, 1.54) is 38.1 Å². The maximum atomic E-state index is 12.5. The van der Waals surface area contributed by atoms with E-state index in [0.29, 0.717) is 17.4 Å². The SMILES string of the molecule is FC(F)(F)c1ccc(SC2CN3CCC2CC3)cc1.O=C(O)/C=C\C(=O)O. The molecule has 0 saturated carbocycles. The van der Waals surface area contributed by atoms with Gasteiger partial charge in [0.1, 0.15) is 0 Å². The summed E-state index contributed by atoms with van der Waals surface area (Å²) in [4.78, 5) is 22.5. The van der Waals surface area contributed by atoms with E-state index < -0.39 is 23.7 Å². The van der Waals surface area contributed by atoms with Crippen molar-refractivity contribution in [1.29, 1.82) is 0 Å². The Morgan fingerprint density at radius 2 is 1.56 bits per heavy atom. The standard InChI is InChI=1S/C14H16F3NS.C4H4O4/c15-14(16,17)11-1-3-12(4-2-11)19-13-9-18-7-5-10(13)6-8-18;5-3(6)1-2-4(7)8/h1-4,10,13H,5-9H2;1-2H,(H,5,6)(H,7,8)/b;2-1-. The van der Waals surface area contributed by atoms with Crippen LogP contribution in [0.15, 0.2) is 41.3 Å². The second-order valence-corrected chi connectivity index (χ2v) is 7.64. The van der Waals surface area contributed by atoms with Gasteiger partial charge in [-0.1, -0.05) is 0 Å². The molecule has 3 aliphatic heterocycles. The van der Waals surface area contributed by atoms with Crippen molar-refractivity contribution in [3.63, 3.8) is 0 Å². The first kappa shape index (κ1) is 21.3. The second kappa shape index (κ2) is 9.27. The topological polar surface area (TPSA) is 77.8 Å². The van der Waals surface area contributed by atoms with Gasteiger partial charge in [0.2, 0.25) is 0 Å². The van der Waals surface area contributed by atoms with Crippen LogP contribution < -0.4 is 0 Å². The van der Waals surface area contributed by atoms with Crippen molar-refractivity contribution < 1.29 is 33.0 Å². The van der Waals surface area contributed by atoms with Gasteiger partial charge in [-0.2, -0.15) is 13.2 Å². The summed E-state index contributed by atoms with van der Waals surface area (Å²) in [5.41, 5.74) is -0.564. The number of hydrogen-bond acceptors (Lipinski definition) is 4. The molecule has 2 N–H and O–H groups in total. The van der Waals surface area contributed by atoms with Crippen LogP contribution in [0, 0.1) is 5.92 Å². The minimum absolute atomic E-state index is 0.541. The molecule has 3 fully saturated rings. The van der Waals surface area contributed by atoms with Crippen LogP contribution in [0.4, 0.5) is 13.2 Å². The lowest BCUT2D eigenvalue weighted by Gasteiger charge is -2.44. The zero-order valence-electron chi connectivity index (χ0n) is 14.4. The summed E-state index contributed by atoms with van der Waals surface area (Å²) in [6, 6.07) is 5.57. The van der Waals surface area contributed by atoms with E-state index in [4.69, 9.17) is 10.2 Å². The van der Waals surface area contributed by atoms with Gasteiger partial charge in [-0.15, -0.1) is 11.8 Å². The maximum Gasteiger partial charge on any atom is 0.416 e. The Hall–Kier alpha value is -2.00. The van der Waals surface area contributed by atoms with Crippen LogP contribution in [0.3, 0.4) is 0 Å². The minimum atomic E-state index is -4.24. The summed E-state index contributed by atoms with van der Waals surface area (Å²) in [6.45, 7) is 3.46. The largest absolute Gasteiger partial charge is 0.478 e. The molecule has 0 amide bonds. The van der Waals surface area contributed by atoms with Gasteiger partial charge in [-0.05, 0) is 56.1 Å². The molecule has 148 valence electrons. The van der Waals surface area contributed by atoms with Crippen LogP contribution in [0.2, 0.25) is 0 Å². The van der Waals surface area contributed by atoms with Crippen molar-refractivity contribution in [1.82, 2.24) is 4.90 Å². The lowest BCUT2D eigenvalue weighted by atomic mass is 9.88. The van der Waals surface area contributed by atoms with E-state index >= 15 is 0 Å². The number of carbonyl (C=O) groups is 2. The molecule has 4 rings (SSSR count). The monoisotopic (exact) mass is 403 g/mol. The predicted molar refractivity (Wildman–Crippen MR) is 94.7 cm³/mol. The normalized spacial score (nSPS) is 24.3. The van der Waals surface area contributed by atoms with Crippen molar-refractivity contribution in [3.8, 4) is 0 Å². The molecule has 2 bridgehead atoms. The molecule has 1 unspecified atom stereocenters. The molecule has 5 nitrogen and oxygen atoms in total. The summed E-state index contributed by atoms with van der Waals surface area (Å²) in [7, 11) is 0. The molecule has 9 heteroatoms. The predicted octanol–water partition coefficient (Wildman–Crippen LogP) is 3.60.